The molecule has 0 aliphatic heterocycles. The molecule has 0 aliphatic carbocycles. The van der Waals surface area contributed by atoms with Crippen LogP contribution in [0.4, 0.5) is 5.69 Å². The van der Waals surface area contributed by atoms with Crippen LogP contribution < -0.4 is 0 Å². The first kappa shape index (κ1) is 10.2. The monoisotopic (exact) mass is 195 g/mol. The van der Waals surface area contributed by atoms with Crippen LogP contribution in [-0.2, 0) is 4.79 Å². The minimum atomic E-state index is -1.07. The van der Waals surface area contributed by atoms with Crippen molar-refractivity contribution in [2.75, 3.05) is 0 Å². The normalized spacial score (nSPS) is 12.1. The summed E-state index contributed by atoms with van der Waals surface area (Å²) in [7, 11) is 0. The van der Waals surface area contributed by atoms with Gasteiger partial charge in [-0.1, -0.05) is 18.2 Å². The van der Waals surface area contributed by atoms with Crippen molar-refractivity contribution in [2.45, 2.75) is 12.8 Å². The van der Waals surface area contributed by atoms with Gasteiger partial charge < -0.3 is 5.11 Å². The first-order chi connectivity index (χ1) is 6.54. The summed E-state index contributed by atoms with van der Waals surface area (Å²) in [4.78, 5) is 20.6. The first-order valence-corrected chi connectivity index (χ1v) is 4.00. The fraction of sp³-hybridized carbons (Fsp3) is 0.222. The number of carbonyl (C=O) groups is 1. The Bertz CT molecular complexity index is 375. The topological polar surface area (TPSA) is 80.4 Å². The van der Waals surface area contributed by atoms with Crippen LogP contribution in [0.15, 0.2) is 24.3 Å². The number of hydrogen-bond donors (Lipinski definition) is 1. The lowest BCUT2D eigenvalue weighted by molar-refractivity contribution is -0.385. The summed E-state index contributed by atoms with van der Waals surface area (Å²) in [5.41, 5.74) is 0.0763. The molecule has 0 aliphatic rings. The molecule has 0 bridgehead atoms. The molecule has 5 heteroatoms. The van der Waals surface area contributed by atoms with Gasteiger partial charge in [-0.05, 0) is 6.92 Å². The molecular formula is C9H9NO4. The molecule has 0 unspecified atom stereocenters. The summed E-state index contributed by atoms with van der Waals surface area (Å²) in [6, 6.07) is 5.85. The summed E-state index contributed by atoms with van der Waals surface area (Å²) in [6.45, 7) is 1.42. The third-order valence-corrected chi connectivity index (χ3v) is 1.97. The highest BCUT2D eigenvalue weighted by Crippen LogP contribution is 2.25. The van der Waals surface area contributed by atoms with Crippen molar-refractivity contribution in [1.29, 1.82) is 0 Å². The molecular weight excluding hydrogens is 186 g/mol. The van der Waals surface area contributed by atoms with Crippen LogP contribution >= 0.6 is 0 Å². The standard InChI is InChI=1S/C9H9NO4/c1-6(9(11)12)7-4-2-3-5-8(7)10(13)14/h2-6H,1H3,(H,11,12)/t6-/m0/s1. The van der Waals surface area contributed by atoms with E-state index in [0.29, 0.717) is 0 Å². The fourth-order valence-electron chi connectivity index (χ4n) is 1.15. The van der Waals surface area contributed by atoms with Crippen molar-refractivity contribution in [1.82, 2.24) is 0 Å². The highest BCUT2D eigenvalue weighted by atomic mass is 16.6. The largest absolute Gasteiger partial charge is 0.481 e. The highest BCUT2D eigenvalue weighted by Gasteiger charge is 2.22. The van der Waals surface area contributed by atoms with Crippen molar-refractivity contribution in [3.05, 3.63) is 39.9 Å². The number of nitro benzene ring substituents is 1. The maximum atomic E-state index is 10.7. The van der Waals surface area contributed by atoms with Crippen molar-refractivity contribution >= 4 is 11.7 Å². The Kier molecular flexibility index (Phi) is 2.81. The van der Waals surface area contributed by atoms with E-state index < -0.39 is 16.8 Å². The minimum absolute atomic E-state index is 0.151. The van der Waals surface area contributed by atoms with Crippen LogP contribution in [0.1, 0.15) is 18.4 Å². The molecule has 0 fully saturated rings. The van der Waals surface area contributed by atoms with Gasteiger partial charge in [0.2, 0.25) is 0 Å². The molecule has 5 nitrogen and oxygen atoms in total. The van der Waals surface area contributed by atoms with Crippen LogP contribution in [0.3, 0.4) is 0 Å². The molecule has 0 heterocycles. The second-order valence-electron chi connectivity index (χ2n) is 2.88. The van der Waals surface area contributed by atoms with Gasteiger partial charge in [-0.3, -0.25) is 14.9 Å². The predicted octanol–water partition coefficient (Wildman–Crippen LogP) is 1.78. The Morgan fingerprint density at radius 2 is 2.07 bits per heavy atom. The van der Waals surface area contributed by atoms with Gasteiger partial charge in [-0.15, -0.1) is 0 Å². The number of carboxylic acid groups (broad SMARTS) is 1. The molecule has 1 N–H and O–H groups in total. The zero-order chi connectivity index (χ0) is 10.7. The summed E-state index contributed by atoms with van der Waals surface area (Å²) < 4.78 is 0. The molecule has 0 saturated carbocycles. The number of benzene rings is 1. The molecule has 0 radical (unpaired) electrons. The zero-order valence-corrected chi connectivity index (χ0v) is 7.51. The molecule has 1 atom stereocenters. The fourth-order valence-corrected chi connectivity index (χ4v) is 1.15. The van der Waals surface area contributed by atoms with E-state index >= 15 is 0 Å². The van der Waals surface area contributed by atoms with E-state index in [9.17, 15) is 14.9 Å². The zero-order valence-electron chi connectivity index (χ0n) is 7.51. The van der Waals surface area contributed by atoms with Crippen LogP contribution in [-0.4, -0.2) is 16.0 Å². The van der Waals surface area contributed by atoms with E-state index in [-0.39, 0.29) is 11.3 Å². The number of aliphatic carboxylic acids is 1. The van der Waals surface area contributed by atoms with Gasteiger partial charge in [0.05, 0.1) is 10.8 Å². The number of carboxylic acids is 1. The number of nitro groups is 1. The average molecular weight is 195 g/mol. The van der Waals surface area contributed by atoms with Crippen molar-refractivity contribution < 1.29 is 14.8 Å². The lowest BCUT2D eigenvalue weighted by Crippen LogP contribution is -2.09. The van der Waals surface area contributed by atoms with E-state index in [1.54, 1.807) is 6.07 Å². The quantitative estimate of drug-likeness (QED) is 0.588. The third-order valence-electron chi connectivity index (χ3n) is 1.97. The summed E-state index contributed by atoms with van der Waals surface area (Å²) in [5, 5.41) is 19.3. The summed E-state index contributed by atoms with van der Waals surface area (Å²) in [6.07, 6.45) is 0. The van der Waals surface area contributed by atoms with Gasteiger partial charge in [0.15, 0.2) is 0 Å². The van der Waals surface area contributed by atoms with Gasteiger partial charge in [0.1, 0.15) is 0 Å². The Morgan fingerprint density at radius 3 is 2.57 bits per heavy atom. The molecule has 1 aromatic carbocycles. The number of para-hydroxylation sites is 1. The van der Waals surface area contributed by atoms with Crippen molar-refractivity contribution in [3.63, 3.8) is 0 Å². The van der Waals surface area contributed by atoms with Crippen molar-refractivity contribution in [2.24, 2.45) is 0 Å². The van der Waals surface area contributed by atoms with E-state index in [2.05, 4.69) is 0 Å². The molecule has 0 spiro atoms. The van der Waals surface area contributed by atoms with Crippen LogP contribution in [0.5, 0.6) is 0 Å². The van der Waals surface area contributed by atoms with Crippen LogP contribution in [0.25, 0.3) is 0 Å². The molecule has 1 aromatic rings. The number of hydrogen-bond acceptors (Lipinski definition) is 3. The highest BCUT2D eigenvalue weighted by molar-refractivity contribution is 5.77. The third kappa shape index (κ3) is 1.87. The Balaban J connectivity index is 3.19. The van der Waals surface area contributed by atoms with Gasteiger partial charge in [0, 0.05) is 11.6 Å². The maximum absolute atomic E-state index is 10.7. The minimum Gasteiger partial charge on any atom is -0.481 e. The van der Waals surface area contributed by atoms with Gasteiger partial charge in [0.25, 0.3) is 5.69 Å². The molecule has 0 aromatic heterocycles. The number of rotatable bonds is 3. The first-order valence-electron chi connectivity index (χ1n) is 4.00. The van der Waals surface area contributed by atoms with Crippen molar-refractivity contribution in [3.8, 4) is 0 Å². The smallest absolute Gasteiger partial charge is 0.310 e. The van der Waals surface area contributed by atoms with E-state index in [1.165, 1.54) is 25.1 Å². The lowest BCUT2D eigenvalue weighted by Gasteiger charge is -2.06. The van der Waals surface area contributed by atoms with E-state index in [1.807, 2.05) is 0 Å². The molecule has 1 rings (SSSR count). The Labute approximate surface area is 80.1 Å². The molecule has 14 heavy (non-hydrogen) atoms. The van der Waals surface area contributed by atoms with E-state index in [0.717, 1.165) is 0 Å². The molecule has 0 amide bonds. The SMILES string of the molecule is C[C@H](C(=O)O)c1ccccc1[N+](=O)[O-]. The van der Waals surface area contributed by atoms with Crippen LogP contribution in [0.2, 0.25) is 0 Å². The molecule has 74 valence electrons. The van der Waals surface area contributed by atoms with Gasteiger partial charge in [-0.25, -0.2) is 0 Å². The Morgan fingerprint density at radius 1 is 1.50 bits per heavy atom. The number of nitrogens with zero attached hydrogens (tertiary/aromatic N) is 1. The van der Waals surface area contributed by atoms with Gasteiger partial charge in [-0.2, -0.15) is 0 Å². The maximum Gasteiger partial charge on any atom is 0.310 e. The second-order valence-corrected chi connectivity index (χ2v) is 2.88. The Hall–Kier alpha value is -1.91. The molecule has 0 saturated heterocycles. The lowest BCUT2D eigenvalue weighted by atomic mass is 10.00. The average Bonchev–Trinajstić information content (AvgIpc) is 2.16. The van der Waals surface area contributed by atoms with Crippen LogP contribution in [0, 0.1) is 10.1 Å². The summed E-state index contributed by atoms with van der Waals surface area (Å²) in [5.74, 6) is -1.93. The second kappa shape index (κ2) is 3.87. The summed E-state index contributed by atoms with van der Waals surface area (Å²) >= 11 is 0. The van der Waals surface area contributed by atoms with E-state index in [4.69, 9.17) is 5.11 Å². The van der Waals surface area contributed by atoms with Gasteiger partial charge >= 0.3 is 5.97 Å². The predicted molar refractivity (Wildman–Crippen MR) is 49.1 cm³/mol.